The first kappa shape index (κ1) is 12.0. The molecule has 0 saturated heterocycles. The van der Waals surface area contributed by atoms with E-state index in [1.165, 1.54) is 12.3 Å². The molecule has 0 amide bonds. The minimum absolute atomic E-state index is 0.00377. The van der Waals surface area contributed by atoms with Gasteiger partial charge in [0.25, 0.3) is 0 Å². The molecule has 0 fully saturated rings. The lowest BCUT2D eigenvalue weighted by atomic mass is 10.3. The Balaban J connectivity index is 2.24. The van der Waals surface area contributed by atoms with Crippen molar-refractivity contribution in [3.05, 3.63) is 58.5 Å². The number of nitrogens with zero attached hydrogens (tertiary/aromatic N) is 4. The molecule has 0 unspecified atom stereocenters. The van der Waals surface area contributed by atoms with Crippen LogP contribution < -0.4 is 4.90 Å². The first-order chi connectivity index (χ1) is 8.68. The first-order valence-electron chi connectivity index (χ1n) is 5.39. The monoisotopic (exact) mass is 244 g/mol. The summed E-state index contributed by atoms with van der Waals surface area (Å²) in [4.78, 5) is 20.4. The molecular formula is C12H12N4O2. The summed E-state index contributed by atoms with van der Waals surface area (Å²) in [5.41, 5.74) is 0.830. The van der Waals surface area contributed by atoms with Gasteiger partial charge in [0, 0.05) is 25.5 Å². The normalized spacial score (nSPS) is 10.1. The molecular weight excluding hydrogens is 232 g/mol. The predicted molar refractivity (Wildman–Crippen MR) is 67.2 cm³/mol. The quantitative estimate of drug-likeness (QED) is 0.607. The Kier molecular flexibility index (Phi) is 3.47. The Morgan fingerprint density at radius 2 is 2.00 bits per heavy atom. The summed E-state index contributed by atoms with van der Waals surface area (Å²) in [5, 5.41) is 10.9. The van der Waals surface area contributed by atoms with E-state index in [0.717, 1.165) is 5.69 Å². The van der Waals surface area contributed by atoms with Gasteiger partial charge in [-0.05, 0) is 18.2 Å². The van der Waals surface area contributed by atoms with Gasteiger partial charge in [0.2, 0.25) is 5.82 Å². The predicted octanol–water partition coefficient (Wildman–Crippen LogP) is 2.02. The van der Waals surface area contributed by atoms with E-state index < -0.39 is 4.92 Å². The second kappa shape index (κ2) is 5.22. The van der Waals surface area contributed by atoms with Crippen LogP contribution in [0.15, 0.2) is 42.7 Å². The van der Waals surface area contributed by atoms with Crippen molar-refractivity contribution < 1.29 is 4.92 Å². The van der Waals surface area contributed by atoms with Gasteiger partial charge in [-0.2, -0.15) is 0 Å². The van der Waals surface area contributed by atoms with Gasteiger partial charge < -0.3 is 4.90 Å². The molecule has 92 valence electrons. The van der Waals surface area contributed by atoms with E-state index in [9.17, 15) is 10.1 Å². The van der Waals surface area contributed by atoms with E-state index in [1.807, 2.05) is 18.2 Å². The van der Waals surface area contributed by atoms with Gasteiger partial charge >= 0.3 is 5.69 Å². The van der Waals surface area contributed by atoms with Crippen molar-refractivity contribution in [1.82, 2.24) is 9.97 Å². The number of anilines is 1. The lowest BCUT2D eigenvalue weighted by Gasteiger charge is -2.17. The van der Waals surface area contributed by atoms with Crippen LogP contribution in [0.25, 0.3) is 0 Å². The molecule has 0 bridgehead atoms. The average Bonchev–Trinajstić information content (AvgIpc) is 2.40. The largest absolute Gasteiger partial charge is 0.348 e. The van der Waals surface area contributed by atoms with E-state index in [0.29, 0.717) is 12.4 Å². The molecule has 2 heterocycles. The van der Waals surface area contributed by atoms with Crippen molar-refractivity contribution in [3.8, 4) is 0 Å². The summed E-state index contributed by atoms with van der Waals surface area (Å²) in [6, 6.07) is 8.56. The zero-order chi connectivity index (χ0) is 13.0. The molecule has 6 nitrogen and oxygen atoms in total. The fourth-order valence-corrected chi connectivity index (χ4v) is 1.63. The van der Waals surface area contributed by atoms with Gasteiger partial charge in [0.1, 0.15) is 0 Å². The molecule has 0 aliphatic heterocycles. The minimum Gasteiger partial charge on any atom is -0.348 e. The topological polar surface area (TPSA) is 72.2 Å². The second-order valence-electron chi connectivity index (χ2n) is 3.78. The van der Waals surface area contributed by atoms with Gasteiger partial charge in [-0.3, -0.25) is 15.1 Å². The summed E-state index contributed by atoms with van der Waals surface area (Å²) in [7, 11) is 1.75. The number of rotatable bonds is 4. The molecule has 0 N–H and O–H groups in total. The third-order valence-corrected chi connectivity index (χ3v) is 2.45. The first-order valence-corrected chi connectivity index (χ1v) is 5.39. The molecule has 18 heavy (non-hydrogen) atoms. The van der Waals surface area contributed by atoms with Crippen LogP contribution in [0.1, 0.15) is 5.69 Å². The third-order valence-electron chi connectivity index (χ3n) is 2.45. The summed E-state index contributed by atoms with van der Waals surface area (Å²) in [6.07, 6.45) is 3.23. The number of hydrogen-bond acceptors (Lipinski definition) is 5. The Morgan fingerprint density at radius 3 is 2.67 bits per heavy atom. The highest BCUT2D eigenvalue weighted by molar-refractivity contribution is 5.56. The van der Waals surface area contributed by atoms with E-state index in [2.05, 4.69) is 9.97 Å². The Hall–Kier alpha value is -2.50. The van der Waals surface area contributed by atoms with Crippen molar-refractivity contribution in [2.24, 2.45) is 0 Å². The molecule has 0 aliphatic rings. The Morgan fingerprint density at radius 1 is 1.22 bits per heavy atom. The van der Waals surface area contributed by atoms with Crippen LogP contribution >= 0.6 is 0 Å². The second-order valence-corrected chi connectivity index (χ2v) is 3.78. The highest BCUT2D eigenvalue weighted by Crippen LogP contribution is 2.24. The summed E-state index contributed by atoms with van der Waals surface area (Å²) in [6.45, 7) is 0.471. The van der Waals surface area contributed by atoms with E-state index in [-0.39, 0.29) is 5.69 Å². The van der Waals surface area contributed by atoms with Crippen LogP contribution in [0.5, 0.6) is 0 Å². The Bertz CT molecular complexity index is 545. The van der Waals surface area contributed by atoms with Crippen LogP contribution in [-0.2, 0) is 6.54 Å². The van der Waals surface area contributed by atoms with Gasteiger partial charge in [0.05, 0.1) is 17.2 Å². The van der Waals surface area contributed by atoms with Crippen molar-refractivity contribution in [2.45, 2.75) is 6.54 Å². The molecule has 6 heteroatoms. The van der Waals surface area contributed by atoms with E-state index in [1.54, 1.807) is 24.2 Å². The fourth-order valence-electron chi connectivity index (χ4n) is 1.63. The van der Waals surface area contributed by atoms with Crippen LogP contribution in [0.3, 0.4) is 0 Å². The molecule has 0 saturated carbocycles. The molecule has 0 spiro atoms. The Labute approximate surface area is 104 Å². The highest BCUT2D eigenvalue weighted by Gasteiger charge is 2.17. The molecule has 0 aliphatic carbocycles. The fraction of sp³-hybridized carbons (Fsp3) is 0.167. The molecule has 2 aromatic rings. The van der Waals surface area contributed by atoms with Crippen molar-refractivity contribution in [1.29, 1.82) is 0 Å². The number of nitro groups is 1. The van der Waals surface area contributed by atoms with Crippen LogP contribution in [0, 0.1) is 10.1 Å². The van der Waals surface area contributed by atoms with E-state index >= 15 is 0 Å². The standard InChI is InChI=1S/C12H12N4O2/c1-15(9-10-5-2-3-7-13-10)12-11(16(17)18)6-4-8-14-12/h2-8H,9H2,1H3. The zero-order valence-electron chi connectivity index (χ0n) is 9.85. The summed E-state index contributed by atoms with van der Waals surface area (Å²) in [5.74, 6) is 0.341. The minimum atomic E-state index is -0.433. The SMILES string of the molecule is CN(Cc1ccccn1)c1ncccc1[N+](=O)[O-]. The van der Waals surface area contributed by atoms with Crippen molar-refractivity contribution >= 4 is 11.5 Å². The maximum atomic E-state index is 10.9. The number of aromatic nitrogens is 2. The molecule has 0 aromatic carbocycles. The molecule has 0 atom stereocenters. The number of pyridine rings is 2. The molecule has 2 aromatic heterocycles. The lowest BCUT2D eigenvalue weighted by molar-refractivity contribution is -0.384. The summed E-state index contributed by atoms with van der Waals surface area (Å²) < 4.78 is 0. The molecule has 2 rings (SSSR count). The van der Waals surface area contributed by atoms with Crippen molar-refractivity contribution in [3.63, 3.8) is 0 Å². The molecule has 0 radical (unpaired) electrons. The lowest BCUT2D eigenvalue weighted by Crippen LogP contribution is -2.19. The zero-order valence-corrected chi connectivity index (χ0v) is 9.85. The third kappa shape index (κ3) is 2.60. The highest BCUT2D eigenvalue weighted by atomic mass is 16.6. The van der Waals surface area contributed by atoms with Crippen LogP contribution in [0.4, 0.5) is 11.5 Å². The van der Waals surface area contributed by atoms with Gasteiger partial charge in [-0.15, -0.1) is 0 Å². The van der Waals surface area contributed by atoms with Crippen LogP contribution in [-0.4, -0.2) is 21.9 Å². The van der Waals surface area contributed by atoms with Crippen LogP contribution in [0.2, 0.25) is 0 Å². The summed E-state index contributed by atoms with van der Waals surface area (Å²) >= 11 is 0. The van der Waals surface area contributed by atoms with Crippen molar-refractivity contribution in [2.75, 3.05) is 11.9 Å². The van der Waals surface area contributed by atoms with Gasteiger partial charge in [-0.1, -0.05) is 6.07 Å². The van der Waals surface area contributed by atoms with E-state index in [4.69, 9.17) is 0 Å². The maximum absolute atomic E-state index is 10.9. The number of hydrogen-bond donors (Lipinski definition) is 0. The average molecular weight is 244 g/mol. The van der Waals surface area contributed by atoms with Gasteiger partial charge in [0.15, 0.2) is 0 Å². The van der Waals surface area contributed by atoms with Gasteiger partial charge in [-0.25, -0.2) is 4.98 Å². The smallest absolute Gasteiger partial charge is 0.311 e. The maximum Gasteiger partial charge on any atom is 0.311 e.